The zero-order valence-electron chi connectivity index (χ0n) is 9.83. The molecule has 0 unspecified atom stereocenters. The van der Waals surface area contributed by atoms with Gasteiger partial charge in [0.2, 0.25) is 0 Å². The molecule has 15 heavy (non-hydrogen) atoms. The number of rotatable bonds is 3. The van der Waals surface area contributed by atoms with Gasteiger partial charge in [-0.05, 0) is 13.8 Å². The van der Waals surface area contributed by atoms with Crippen molar-refractivity contribution in [1.29, 1.82) is 0 Å². The maximum absolute atomic E-state index is 11.3. The number of hydrogen-bond donors (Lipinski definition) is 1. The molecule has 0 rings (SSSR count). The van der Waals surface area contributed by atoms with E-state index in [1.54, 1.807) is 20.9 Å². The van der Waals surface area contributed by atoms with Gasteiger partial charge in [0.15, 0.2) is 6.17 Å². The van der Waals surface area contributed by atoms with Crippen LogP contribution in [0.2, 0.25) is 0 Å². The zero-order valence-corrected chi connectivity index (χ0v) is 9.83. The molecule has 1 N–H and O–H groups in total. The lowest BCUT2D eigenvalue weighted by molar-refractivity contribution is 0.109. The minimum absolute atomic E-state index is 0.283. The molecular weight excluding hydrogens is 198 g/mol. The summed E-state index contributed by atoms with van der Waals surface area (Å²) in [6.45, 7) is 3.92. The molecule has 0 saturated carbocycles. The molecule has 6 nitrogen and oxygen atoms in total. The maximum atomic E-state index is 11.3. The third-order valence-electron chi connectivity index (χ3n) is 2.11. The normalized spacial score (nSPS) is 9.73. The molecule has 0 spiro atoms. The van der Waals surface area contributed by atoms with Gasteiger partial charge in [0.1, 0.15) is 0 Å². The van der Waals surface area contributed by atoms with Crippen LogP contribution < -0.4 is 5.32 Å². The summed E-state index contributed by atoms with van der Waals surface area (Å²) < 4.78 is 4.60. The number of hydrogen-bond acceptors (Lipinski definition) is 3. The number of carbonyl (C=O) groups excluding carboxylic acids is 2. The van der Waals surface area contributed by atoms with Crippen molar-refractivity contribution in [3.05, 3.63) is 6.17 Å². The molecule has 0 aromatic heterocycles. The Morgan fingerprint density at radius 1 is 1.40 bits per heavy atom. The molecule has 1 radical (unpaired) electrons. The van der Waals surface area contributed by atoms with E-state index in [1.165, 1.54) is 24.0 Å². The Hall–Kier alpha value is -1.46. The number of amides is 3. The van der Waals surface area contributed by atoms with E-state index in [1.807, 2.05) is 0 Å². The fraction of sp³-hybridized carbons (Fsp3) is 0.667. The standard InChI is InChI=1S/C9H18N3O3/c1-6-12(9(14)15-5)7(2)11(4)8(13)10-3/h6H2,1-5H3,(H,10,13). The first-order valence-corrected chi connectivity index (χ1v) is 4.64. The zero-order chi connectivity index (χ0) is 12.0. The highest BCUT2D eigenvalue weighted by Crippen LogP contribution is 2.12. The van der Waals surface area contributed by atoms with Crippen LogP contribution in [-0.4, -0.2) is 49.7 Å². The lowest BCUT2D eigenvalue weighted by Gasteiger charge is -2.31. The van der Waals surface area contributed by atoms with E-state index >= 15 is 0 Å². The quantitative estimate of drug-likeness (QED) is 0.761. The second kappa shape index (κ2) is 6.10. The molecule has 0 aromatic rings. The summed E-state index contributed by atoms with van der Waals surface area (Å²) in [5.74, 6) is 0. The predicted molar refractivity (Wildman–Crippen MR) is 55.9 cm³/mol. The van der Waals surface area contributed by atoms with Gasteiger partial charge in [-0.3, -0.25) is 4.90 Å². The van der Waals surface area contributed by atoms with Crippen molar-refractivity contribution >= 4 is 12.1 Å². The van der Waals surface area contributed by atoms with E-state index < -0.39 is 6.09 Å². The fourth-order valence-electron chi connectivity index (χ4n) is 1.10. The first kappa shape index (κ1) is 13.5. The summed E-state index contributed by atoms with van der Waals surface area (Å²) in [6.07, 6.45) is 0.0365. The van der Waals surface area contributed by atoms with Crippen LogP contribution in [0.3, 0.4) is 0 Å². The minimum Gasteiger partial charge on any atom is -0.453 e. The number of nitrogens with zero attached hydrogens (tertiary/aromatic N) is 2. The molecule has 6 heteroatoms. The van der Waals surface area contributed by atoms with Gasteiger partial charge < -0.3 is 15.0 Å². The lowest BCUT2D eigenvalue weighted by Crippen LogP contribution is -2.46. The summed E-state index contributed by atoms with van der Waals surface area (Å²) in [5, 5.41) is 2.47. The first-order valence-electron chi connectivity index (χ1n) is 4.64. The van der Waals surface area contributed by atoms with E-state index in [0.717, 1.165) is 0 Å². The number of methoxy groups -OCH3 is 1. The summed E-state index contributed by atoms with van der Waals surface area (Å²) in [5.41, 5.74) is 0. The van der Waals surface area contributed by atoms with Gasteiger partial charge in [-0.1, -0.05) is 0 Å². The fourth-order valence-corrected chi connectivity index (χ4v) is 1.10. The third-order valence-corrected chi connectivity index (χ3v) is 2.11. The van der Waals surface area contributed by atoms with Crippen molar-refractivity contribution < 1.29 is 14.3 Å². The summed E-state index contributed by atoms with van der Waals surface area (Å²) >= 11 is 0. The van der Waals surface area contributed by atoms with Crippen molar-refractivity contribution in [3.8, 4) is 0 Å². The summed E-state index contributed by atoms with van der Waals surface area (Å²) in [4.78, 5) is 25.3. The van der Waals surface area contributed by atoms with Gasteiger partial charge in [0.25, 0.3) is 0 Å². The molecule has 0 fully saturated rings. The smallest absolute Gasteiger partial charge is 0.411 e. The van der Waals surface area contributed by atoms with Crippen LogP contribution >= 0.6 is 0 Å². The third kappa shape index (κ3) is 3.30. The second-order valence-electron chi connectivity index (χ2n) is 2.88. The Labute approximate surface area is 90.2 Å². The van der Waals surface area contributed by atoms with Crippen molar-refractivity contribution in [2.75, 3.05) is 27.7 Å². The van der Waals surface area contributed by atoms with Gasteiger partial charge in [-0.15, -0.1) is 0 Å². The first-order chi connectivity index (χ1) is 6.99. The molecule has 0 bridgehead atoms. The van der Waals surface area contributed by atoms with Crippen LogP contribution in [0.15, 0.2) is 0 Å². The van der Waals surface area contributed by atoms with E-state index in [9.17, 15) is 9.59 Å². The van der Waals surface area contributed by atoms with Crippen molar-refractivity contribution in [3.63, 3.8) is 0 Å². The van der Waals surface area contributed by atoms with Gasteiger partial charge in [-0.25, -0.2) is 9.59 Å². The van der Waals surface area contributed by atoms with Gasteiger partial charge >= 0.3 is 12.1 Å². The minimum atomic E-state index is -0.481. The van der Waals surface area contributed by atoms with E-state index in [-0.39, 0.29) is 6.03 Å². The highest BCUT2D eigenvalue weighted by Gasteiger charge is 2.26. The molecule has 0 aliphatic rings. The molecular formula is C9H18N3O3. The highest BCUT2D eigenvalue weighted by molar-refractivity contribution is 5.76. The van der Waals surface area contributed by atoms with Crippen LogP contribution in [0.5, 0.6) is 0 Å². The second-order valence-corrected chi connectivity index (χ2v) is 2.88. The van der Waals surface area contributed by atoms with Crippen LogP contribution in [-0.2, 0) is 4.74 Å². The van der Waals surface area contributed by atoms with E-state index in [2.05, 4.69) is 10.1 Å². The topological polar surface area (TPSA) is 61.9 Å². The molecule has 3 amide bonds. The van der Waals surface area contributed by atoms with E-state index in [4.69, 9.17) is 0 Å². The maximum Gasteiger partial charge on any atom is 0.411 e. The predicted octanol–water partition coefficient (Wildman–Crippen LogP) is 0.855. The van der Waals surface area contributed by atoms with Crippen molar-refractivity contribution in [1.82, 2.24) is 15.1 Å². The number of nitrogens with one attached hydrogen (secondary N) is 1. The van der Waals surface area contributed by atoms with E-state index in [0.29, 0.717) is 12.7 Å². The van der Waals surface area contributed by atoms with Crippen LogP contribution in [0.25, 0.3) is 0 Å². The lowest BCUT2D eigenvalue weighted by atomic mass is 10.4. The highest BCUT2D eigenvalue weighted by atomic mass is 16.5. The van der Waals surface area contributed by atoms with Gasteiger partial charge in [-0.2, -0.15) is 0 Å². The van der Waals surface area contributed by atoms with Crippen LogP contribution in [0.4, 0.5) is 9.59 Å². The Kier molecular flexibility index (Phi) is 5.51. The van der Waals surface area contributed by atoms with Gasteiger partial charge in [0.05, 0.1) is 7.11 Å². The molecule has 0 aliphatic heterocycles. The SMILES string of the molecule is CCN([C](C)N(C)C(=O)NC)C(=O)OC. The number of carbonyl (C=O) groups is 2. The number of urea groups is 1. The monoisotopic (exact) mass is 216 g/mol. The molecule has 0 saturated heterocycles. The van der Waals surface area contributed by atoms with Crippen LogP contribution in [0.1, 0.15) is 13.8 Å². The summed E-state index contributed by atoms with van der Waals surface area (Å²) in [6, 6.07) is -0.283. The Morgan fingerprint density at radius 2 is 1.93 bits per heavy atom. The summed E-state index contributed by atoms with van der Waals surface area (Å²) in [7, 11) is 4.42. The van der Waals surface area contributed by atoms with Crippen molar-refractivity contribution in [2.24, 2.45) is 0 Å². The number of ether oxygens (including phenoxy) is 1. The Morgan fingerprint density at radius 3 is 2.27 bits per heavy atom. The molecule has 0 aliphatic carbocycles. The average Bonchev–Trinajstić information content (AvgIpc) is 2.27. The molecule has 0 atom stereocenters. The Balaban J connectivity index is 4.57. The van der Waals surface area contributed by atoms with Crippen molar-refractivity contribution in [2.45, 2.75) is 13.8 Å². The molecule has 0 aromatic carbocycles. The Bertz CT molecular complexity index is 233. The molecule has 0 heterocycles. The largest absolute Gasteiger partial charge is 0.453 e. The van der Waals surface area contributed by atoms with Gasteiger partial charge in [0, 0.05) is 20.6 Å². The molecule has 87 valence electrons. The van der Waals surface area contributed by atoms with Crippen LogP contribution in [0, 0.1) is 6.17 Å². The average molecular weight is 216 g/mol.